The molecule has 0 radical (unpaired) electrons. The van der Waals surface area contributed by atoms with Gasteiger partial charge in [0.2, 0.25) is 0 Å². The maximum atomic E-state index is 5.92. The van der Waals surface area contributed by atoms with E-state index in [4.69, 9.17) is 11.6 Å². The fraction of sp³-hybridized carbons (Fsp3) is 0.364. The van der Waals surface area contributed by atoms with E-state index in [2.05, 4.69) is 15.3 Å². The highest BCUT2D eigenvalue weighted by molar-refractivity contribution is 7.99. The predicted octanol–water partition coefficient (Wildman–Crippen LogP) is 2.94. The van der Waals surface area contributed by atoms with Crippen molar-refractivity contribution >= 4 is 23.4 Å². The summed E-state index contributed by atoms with van der Waals surface area (Å²) >= 11 is 7.48. The highest BCUT2D eigenvalue weighted by atomic mass is 35.5. The number of hydrogen-bond acceptors (Lipinski definition) is 4. The highest BCUT2D eigenvalue weighted by Crippen LogP contribution is 2.30. The summed E-state index contributed by atoms with van der Waals surface area (Å²) in [4.78, 5) is 0. The van der Waals surface area contributed by atoms with Crippen LogP contribution in [0.1, 0.15) is 16.8 Å². The van der Waals surface area contributed by atoms with E-state index in [1.54, 1.807) is 11.8 Å². The Labute approximate surface area is 109 Å². The van der Waals surface area contributed by atoms with Gasteiger partial charge in [-0.15, -0.1) is 10.2 Å². The quantitative estimate of drug-likeness (QED) is 0.840. The lowest BCUT2D eigenvalue weighted by atomic mass is 10.2. The van der Waals surface area contributed by atoms with Crippen molar-refractivity contribution in [3.63, 3.8) is 0 Å². The Morgan fingerprint density at radius 2 is 1.88 bits per heavy atom. The molecule has 0 aliphatic rings. The van der Waals surface area contributed by atoms with E-state index in [0.717, 1.165) is 26.9 Å². The first-order valence-corrected chi connectivity index (χ1v) is 6.36. The minimum atomic E-state index is 0.466. The van der Waals surface area contributed by atoms with Crippen molar-refractivity contribution < 1.29 is 0 Å². The molecule has 0 N–H and O–H groups in total. The van der Waals surface area contributed by atoms with Gasteiger partial charge in [-0.05, 0) is 49.7 Å². The molecule has 0 aliphatic carbocycles. The Morgan fingerprint density at radius 1 is 1.18 bits per heavy atom. The minimum Gasteiger partial charge on any atom is -0.261 e. The van der Waals surface area contributed by atoms with E-state index in [0.29, 0.717) is 5.15 Å². The summed E-state index contributed by atoms with van der Waals surface area (Å²) in [6, 6.07) is 2.02. The fourth-order valence-electron chi connectivity index (χ4n) is 1.43. The van der Waals surface area contributed by atoms with Crippen LogP contribution in [0, 0.1) is 20.8 Å². The first-order valence-electron chi connectivity index (χ1n) is 5.17. The van der Waals surface area contributed by atoms with Crippen molar-refractivity contribution in [2.75, 3.05) is 0 Å². The lowest BCUT2D eigenvalue weighted by Crippen LogP contribution is -1.97. The van der Waals surface area contributed by atoms with E-state index in [9.17, 15) is 0 Å². The summed E-state index contributed by atoms with van der Waals surface area (Å²) in [7, 11) is 1.92. The molecule has 2 aromatic rings. The zero-order valence-corrected chi connectivity index (χ0v) is 11.7. The molecule has 0 bridgehead atoms. The monoisotopic (exact) mass is 268 g/mol. The van der Waals surface area contributed by atoms with Gasteiger partial charge in [-0.25, -0.2) is 0 Å². The number of aromatic nitrogens is 4. The molecular weight excluding hydrogens is 256 g/mol. The van der Waals surface area contributed by atoms with Crippen molar-refractivity contribution in [1.29, 1.82) is 0 Å². The third-order valence-corrected chi connectivity index (χ3v) is 4.11. The molecule has 0 atom stereocenters. The molecule has 0 saturated carbocycles. The number of halogens is 1. The van der Waals surface area contributed by atoms with Crippen LogP contribution in [0.3, 0.4) is 0 Å². The van der Waals surface area contributed by atoms with Crippen molar-refractivity contribution in [2.24, 2.45) is 7.05 Å². The number of rotatable bonds is 2. The summed E-state index contributed by atoms with van der Waals surface area (Å²) in [6.45, 7) is 5.92. The van der Waals surface area contributed by atoms with Gasteiger partial charge < -0.3 is 0 Å². The van der Waals surface area contributed by atoms with E-state index < -0.39 is 0 Å². The summed E-state index contributed by atoms with van der Waals surface area (Å²) < 4.78 is 1.84. The van der Waals surface area contributed by atoms with Gasteiger partial charge in [-0.3, -0.25) is 4.68 Å². The summed E-state index contributed by atoms with van der Waals surface area (Å²) in [5.41, 5.74) is 3.03. The van der Waals surface area contributed by atoms with Gasteiger partial charge in [0.25, 0.3) is 0 Å². The van der Waals surface area contributed by atoms with Crippen LogP contribution in [0.2, 0.25) is 5.15 Å². The number of hydrogen-bond donors (Lipinski definition) is 0. The Bertz CT molecular complexity index is 565. The van der Waals surface area contributed by atoms with Crippen LogP contribution in [0.15, 0.2) is 16.1 Å². The first-order chi connectivity index (χ1) is 7.99. The fourth-order valence-corrected chi connectivity index (χ4v) is 2.60. The lowest BCUT2D eigenvalue weighted by Gasteiger charge is -2.07. The third kappa shape index (κ3) is 2.45. The van der Waals surface area contributed by atoms with Crippen LogP contribution in [-0.2, 0) is 7.05 Å². The van der Waals surface area contributed by atoms with Crippen LogP contribution >= 0.6 is 23.4 Å². The Hall–Kier alpha value is -1.07. The zero-order chi connectivity index (χ0) is 12.6. The second kappa shape index (κ2) is 4.66. The van der Waals surface area contributed by atoms with Crippen molar-refractivity contribution in [1.82, 2.24) is 20.0 Å². The molecule has 0 fully saturated rings. The summed E-state index contributed by atoms with van der Waals surface area (Å²) in [5, 5.41) is 14.7. The van der Waals surface area contributed by atoms with Crippen LogP contribution in [-0.4, -0.2) is 20.0 Å². The topological polar surface area (TPSA) is 43.6 Å². The molecule has 90 valence electrons. The first kappa shape index (κ1) is 12.4. The maximum absolute atomic E-state index is 5.92. The number of aryl methyl sites for hydroxylation is 2. The van der Waals surface area contributed by atoms with Gasteiger partial charge >= 0.3 is 0 Å². The molecule has 0 aromatic carbocycles. The molecule has 2 aromatic heterocycles. The Morgan fingerprint density at radius 3 is 2.47 bits per heavy atom. The van der Waals surface area contributed by atoms with Crippen molar-refractivity contribution in [2.45, 2.75) is 30.8 Å². The average Bonchev–Trinajstić information content (AvgIpc) is 2.58. The Kier molecular flexibility index (Phi) is 3.40. The maximum Gasteiger partial charge on any atom is 0.154 e. The van der Waals surface area contributed by atoms with Crippen molar-refractivity contribution in [3.8, 4) is 0 Å². The molecule has 0 amide bonds. The van der Waals surface area contributed by atoms with Crippen LogP contribution < -0.4 is 0 Å². The van der Waals surface area contributed by atoms with E-state index in [-0.39, 0.29) is 0 Å². The molecule has 0 aliphatic heterocycles. The molecule has 0 unspecified atom stereocenters. The molecule has 17 heavy (non-hydrogen) atoms. The average molecular weight is 269 g/mol. The molecule has 2 rings (SSSR count). The standard InChI is InChI=1S/C11H13ClN4S/c1-6-5-9(16(4)15-6)17-11-8(3)7(2)10(12)13-14-11/h5H,1-4H3. The van der Waals surface area contributed by atoms with Crippen LogP contribution in [0.5, 0.6) is 0 Å². The third-order valence-electron chi connectivity index (χ3n) is 2.58. The minimum absolute atomic E-state index is 0.466. The summed E-state index contributed by atoms with van der Waals surface area (Å²) in [6.07, 6.45) is 0. The molecule has 2 heterocycles. The highest BCUT2D eigenvalue weighted by Gasteiger charge is 2.12. The Balaban J connectivity index is 2.37. The second-order valence-electron chi connectivity index (χ2n) is 3.90. The SMILES string of the molecule is Cc1cc(Sc2nnc(Cl)c(C)c2C)n(C)n1. The van der Waals surface area contributed by atoms with Gasteiger partial charge in [-0.2, -0.15) is 5.10 Å². The predicted molar refractivity (Wildman–Crippen MR) is 68.6 cm³/mol. The lowest BCUT2D eigenvalue weighted by molar-refractivity contribution is 0.691. The molecule has 0 saturated heterocycles. The summed E-state index contributed by atoms with van der Waals surface area (Å²) in [5.74, 6) is 0. The van der Waals surface area contributed by atoms with Gasteiger partial charge in [0.1, 0.15) is 10.1 Å². The largest absolute Gasteiger partial charge is 0.261 e. The van der Waals surface area contributed by atoms with Crippen LogP contribution in [0.25, 0.3) is 0 Å². The smallest absolute Gasteiger partial charge is 0.154 e. The number of nitrogens with zero attached hydrogens (tertiary/aromatic N) is 4. The molecular formula is C11H13ClN4S. The zero-order valence-electron chi connectivity index (χ0n) is 10.2. The van der Waals surface area contributed by atoms with Crippen LogP contribution in [0.4, 0.5) is 0 Å². The van der Waals surface area contributed by atoms with Gasteiger partial charge in [-0.1, -0.05) is 11.6 Å². The second-order valence-corrected chi connectivity index (χ2v) is 5.26. The molecule has 0 spiro atoms. The van der Waals surface area contributed by atoms with Gasteiger partial charge in [0.05, 0.1) is 5.69 Å². The van der Waals surface area contributed by atoms with Gasteiger partial charge in [0.15, 0.2) is 5.15 Å². The van der Waals surface area contributed by atoms with E-state index >= 15 is 0 Å². The molecule has 4 nitrogen and oxygen atoms in total. The van der Waals surface area contributed by atoms with E-state index in [1.807, 2.05) is 38.6 Å². The van der Waals surface area contributed by atoms with Gasteiger partial charge in [0, 0.05) is 7.05 Å². The molecule has 6 heteroatoms. The normalized spacial score (nSPS) is 10.9. The van der Waals surface area contributed by atoms with Crippen molar-refractivity contribution in [3.05, 3.63) is 28.0 Å². The van der Waals surface area contributed by atoms with E-state index in [1.165, 1.54) is 0 Å².